The number of nitrogens with one attached hydrogen (secondary N) is 2. The van der Waals surface area contributed by atoms with Crippen LogP contribution in [0.4, 0.5) is 28.4 Å². The summed E-state index contributed by atoms with van der Waals surface area (Å²) in [5.41, 5.74) is 1.94. The molecule has 0 spiro atoms. The van der Waals surface area contributed by atoms with Gasteiger partial charge in [0.05, 0.1) is 33.0 Å². The number of hydrogen-bond donors (Lipinski definition) is 5. The maximum atomic E-state index is 12.7. The van der Waals surface area contributed by atoms with E-state index < -0.39 is 59.5 Å². The van der Waals surface area contributed by atoms with Gasteiger partial charge in [-0.15, -0.1) is 15.3 Å². The SMILES string of the molecule is CC1N=NC(=O)C1=NNc1ccc([N+](=O)[O-])cc1O.Cc1ccc(-n2[nH]c(C)c(N=Nc3cc(S(=O)(=O)O)cc([N+](=O)[O-])c3O)c2=O)cc1.[Cr].[Na+].[Na+]. The summed E-state index contributed by atoms with van der Waals surface area (Å²) in [7, 11) is -4.82. The number of non-ortho nitro benzene ring substituents is 1. The molecule has 1 aromatic heterocycles. The topological polar surface area (TPSA) is 310 Å². The fraction of sp³-hybridized carbons (Fsp3) is 0.148. The Hall–Kier alpha value is -4.15. The average Bonchev–Trinajstić information content (AvgIpc) is 3.51. The molecule has 0 bridgehead atoms. The van der Waals surface area contributed by atoms with Gasteiger partial charge in [-0.2, -0.15) is 18.6 Å². The molecule has 5 N–H and O–H groups in total. The van der Waals surface area contributed by atoms with Crippen LogP contribution in [0.2, 0.25) is 0 Å². The summed E-state index contributed by atoms with van der Waals surface area (Å²) in [6.45, 7) is 5.07. The molecule has 2 heterocycles. The Bertz CT molecular complexity index is 2260. The number of carbonyl (C=O) groups is 1. The number of hydrazone groups is 1. The molecule has 0 fully saturated rings. The molecular weight excluding hydrogens is 770 g/mol. The van der Waals surface area contributed by atoms with E-state index in [1.807, 2.05) is 6.92 Å². The van der Waals surface area contributed by atoms with Gasteiger partial charge in [-0.1, -0.05) is 17.7 Å². The van der Waals surface area contributed by atoms with E-state index in [-0.39, 0.29) is 105 Å². The quantitative estimate of drug-likeness (QED) is 0.0341. The van der Waals surface area contributed by atoms with E-state index >= 15 is 0 Å². The summed E-state index contributed by atoms with van der Waals surface area (Å²) >= 11 is 0. The third kappa shape index (κ3) is 10.9. The molecule has 1 unspecified atom stereocenters. The smallest absolute Gasteiger partial charge is 0.505 e. The van der Waals surface area contributed by atoms with Gasteiger partial charge in [0.25, 0.3) is 21.4 Å². The van der Waals surface area contributed by atoms with Crippen molar-refractivity contribution >= 4 is 50.2 Å². The first-order valence-corrected chi connectivity index (χ1v) is 15.0. The number of phenolic OH excluding ortho intramolecular Hbond substituents is 2. The minimum absolute atomic E-state index is 0. The number of nitrogens with zero attached hydrogens (tertiary/aromatic N) is 8. The first-order chi connectivity index (χ1) is 23.0. The van der Waals surface area contributed by atoms with Gasteiger partial charge < -0.3 is 10.2 Å². The van der Waals surface area contributed by atoms with Crippen LogP contribution in [0.25, 0.3) is 5.69 Å². The van der Waals surface area contributed by atoms with E-state index in [0.29, 0.717) is 23.5 Å². The minimum atomic E-state index is -4.82. The molecule has 4 aromatic rings. The van der Waals surface area contributed by atoms with Crippen molar-refractivity contribution in [3.63, 3.8) is 0 Å². The average molecular weight is 795 g/mol. The third-order valence-corrected chi connectivity index (χ3v) is 7.39. The van der Waals surface area contributed by atoms with Crippen LogP contribution < -0.4 is 70.1 Å². The van der Waals surface area contributed by atoms with Gasteiger partial charge in [-0.3, -0.25) is 44.9 Å². The van der Waals surface area contributed by atoms with Crippen LogP contribution in [0.1, 0.15) is 18.2 Å². The number of aromatic amines is 1. The van der Waals surface area contributed by atoms with E-state index in [1.165, 1.54) is 23.7 Å². The molecule has 1 aliphatic rings. The Labute approximate surface area is 347 Å². The molecule has 25 heteroatoms. The van der Waals surface area contributed by atoms with Crippen molar-refractivity contribution in [2.24, 2.45) is 25.6 Å². The maximum Gasteiger partial charge on any atom is 1.00 e. The molecular formula is C27H24CrN10Na2O11S+2. The summed E-state index contributed by atoms with van der Waals surface area (Å²) < 4.78 is 33.1. The Balaban J connectivity index is 0.000000536. The van der Waals surface area contributed by atoms with Crippen LogP contribution in [0.3, 0.4) is 0 Å². The summed E-state index contributed by atoms with van der Waals surface area (Å²) in [5, 5.41) is 62.0. The summed E-state index contributed by atoms with van der Waals surface area (Å²) in [6, 6.07) is 11.2. The molecule has 3 aromatic carbocycles. The number of nitro groups is 2. The number of hydrogen-bond acceptors (Lipinski definition) is 15. The molecule has 1 amide bonds. The molecule has 5 rings (SSSR count). The molecule has 52 heavy (non-hydrogen) atoms. The number of aryl methyl sites for hydroxylation is 2. The Morgan fingerprint density at radius 3 is 2.12 bits per heavy atom. The van der Waals surface area contributed by atoms with Crippen molar-refractivity contribution in [2.45, 2.75) is 31.7 Å². The predicted molar refractivity (Wildman–Crippen MR) is 170 cm³/mol. The minimum Gasteiger partial charge on any atom is -0.505 e. The number of phenols is 2. The molecule has 1 aliphatic heterocycles. The van der Waals surface area contributed by atoms with Gasteiger partial charge in [0, 0.05) is 29.5 Å². The van der Waals surface area contributed by atoms with Gasteiger partial charge >= 0.3 is 70.7 Å². The number of anilines is 1. The molecule has 0 saturated carbocycles. The zero-order chi connectivity index (χ0) is 36.2. The van der Waals surface area contributed by atoms with E-state index in [9.17, 15) is 53.0 Å². The van der Waals surface area contributed by atoms with Crippen LogP contribution in [0.15, 0.2) is 89.8 Å². The Morgan fingerprint density at radius 1 is 0.962 bits per heavy atom. The zero-order valence-electron chi connectivity index (χ0n) is 27.8. The number of carbonyl (C=O) groups excluding carboxylic acids is 1. The Morgan fingerprint density at radius 2 is 1.60 bits per heavy atom. The van der Waals surface area contributed by atoms with Crippen LogP contribution in [0, 0.1) is 34.1 Å². The molecule has 260 valence electrons. The molecule has 0 aliphatic carbocycles. The van der Waals surface area contributed by atoms with Crippen molar-refractivity contribution in [3.8, 4) is 17.2 Å². The first kappa shape index (κ1) is 45.9. The normalized spacial score (nSPS) is 14.1. The fourth-order valence-electron chi connectivity index (χ4n) is 3.99. The zero-order valence-corrected chi connectivity index (χ0v) is 33.9. The number of aromatic nitrogens is 2. The second kappa shape index (κ2) is 19.1. The number of rotatable bonds is 8. The largest absolute Gasteiger partial charge is 1.00 e. The van der Waals surface area contributed by atoms with Gasteiger partial charge in [-0.25, -0.2) is 4.68 Å². The van der Waals surface area contributed by atoms with Crippen LogP contribution in [-0.4, -0.2) is 60.5 Å². The number of nitro benzene ring substituents is 2. The van der Waals surface area contributed by atoms with E-state index in [4.69, 9.17) is 0 Å². The van der Waals surface area contributed by atoms with Gasteiger partial charge in [0.15, 0.2) is 11.4 Å². The van der Waals surface area contributed by atoms with Gasteiger partial charge in [0.2, 0.25) is 5.75 Å². The second-order valence-electron chi connectivity index (χ2n) is 10.1. The van der Waals surface area contributed by atoms with Crippen molar-refractivity contribution < 1.29 is 114 Å². The monoisotopic (exact) mass is 794 g/mol. The number of amides is 1. The van der Waals surface area contributed by atoms with Crippen molar-refractivity contribution in [3.05, 3.63) is 96.4 Å². The fourth-order valence-corrected chi connectivity index (χ4v) is 4.51. The predicted octanol–water partition coefficient (Wildman–Crippen LogP) is -1.49. The molecule has 0 radical (unpaired) electrons. The van der Waals surface area contributed by atoms with Crippen LogP contribution >= 0.6 is 0 Å². The van der Waals surface area contributed by atoms with E-state index in [2.05, 4.69) is 36.1 Å². The summed E-state index contributed by atoms with van der Waals surface area (Å²) in [5.74, 6) is -1.87. The molecule has 21 nitrogen and oxygen atoms in total. The number of H-pyrrole nitrogens is 1. The molecule has 0 saturated heterocycles. The van der Waals surface area contributed by atoms with Crippen molar-refractivity contribution in [2.75, 3.05) is 5.43 Å². The summed E-state index contributed by atoms with van der Waals surface area (Å²) in [4.78, 5) is 42.9. The van der Waals surface area contributed by atoms with Crippen LogP contribution in [0.5, 0.6) is 11.5 Å². The standard InChI is InChI=1S/C17H15N5O7S.C10H9N5O4.Cr.2Na/c1-9-3-5-11(6-4-9)21-17(24)15(10(2)20-21)19-18-13-7-12(30(27,28)29)8-14(16(13)23)22(25)26;1-5-9(10(17)14-11-5)13-12-7-3-2-6(15(18)19)4-8(7)16;;;/h3-8,20,23H,1-2H3,(H,27,28,29);2-5,12,16H,1H3;;;/q;;;2*+1. The maximum absolute atomic E-state index is 12.7. The van der Waals surface area contributed by atoms with Gasteiger partial charge in [0.1, 0.15) is 22.4 Å². The van der Waals surface area contributed by atoms with E-state index in [1.54, 1.807) is 31.2 Å². The van der Waals surface area contributed by atoms with Crippen LogP contribution in [-0.2, 0) is 32.3 Å². The number of benzene rings is 3. The second-order valence-corrected chi connectivity index (χ2v) is 11.5. The third-order valence-electron chi connectivity index (χ3n) is 6.55. The Kier molecular flexibility index (Phi) is 16.8. The van der Waals surface area contributed by atoms with E-state index in [0.717, 1.165) is 11.6 Å². The summed E-state index contributed by atoms with van der Waals surface area (Å²) in [6.07, 6.45) is 0. The van der Waals surface area contributed by atoms with Crippen molar-refractivity contribution in [1.82, 2.24) is 9.78 Å². The number of azo groups is 2. The van der Waals surface area contributed by atoms with Crippen molar-refractivity contribution in [1.29, 1.82) is 0 Å². The molecule has 1 atom stereocenters. The van der Waals surface area contributed by atoms with Gasteiger partial charge in [-0.05, 0) is 45.0 Å². The first-order valence-electron chi connectivity index (χ1n) is 13.5. The number of aromatic hydroxyl groups is 2.